The van der Waals surface area contributed by atoms with Gasteiger partial charge in [-0.05, 0) is 47.5 Å². The summed E-state index contributed by atoms with van der Waals surface area (Å²) in [5.74, 6) is -0.0909. The van der Waals surface area contributed by atoms with Crippen LogP contribution >= 0.6 is 0 Å². The second-order valence-corrected chi connectivity index (χ2v) is 5.57. The maximum absolute atomic E-state index is 12.9. The molecule has 1 N–H and O–H groups in total. The Labute approximate surface area is 140 Å². The fraction of sp³-hybridized carbons (Fsp3) is 0.150. The van der Waals surface area contributed by atoms with Crippen molar-refractivity contribution >= 4 is 16.7 Å². The lowest BCUT2D eigenvalue weighted by Gasteiger charge is -2.15. The topological polar surface area (TPSA) is 38.3 Å². The highest BCUT2D eigenvalue weighted by atomic mass is 19.1. The van der Waals surface area contributed by atoms with E-state index in [-0.39, 0.29) is 11.7 Å². The van der Waals surface area contributed by atoms with Gasteiger partial charge in [0.05, 0.1) is 0 Å². The Morgan fingerprint density at radius 1 is 1.04 bits per heavy atom. The zero-order chi connectivity index (χ0) is 16.9. The van der Waals surface area contributed by atoms with Gasteiger partial charge >= 0.3 is 0 Å². The number of nitrogens with one attached hydrogen (secondary N) is 1. The monoisotopic (exact) mass is 323 g/mol. The maximum atomic E-state index is 12.9. The second-order valence-electron chi connectivity index (χ2n) is 5.57. The predicted octanol–water partition coefficient (Wildman–Crippen LogP) is 4.06. The van der Waals surface area contributed by atoms with E-state index < -0.39 is 6.10 Å². The standard InChI is InChI=1S/C20H18FNO2/c1-14(24-18-11-9-17(21)10-12-18)20(23)22-13-16-7-4-6-15-5-2-3-8-19(15)16/h2-12,14H,13H2,1H3,(H,22,23)/t14-/m1/s1. The van der Waals surface area contributed by atoms with Gasteiger partial charge in [-0.3, -0.25) is 4.79 Å². The average Bonchev–Trinajstić information content (AvgIpc) is 2.61. The van der Waals surface area contributed by atoms with E-state index in [0.717, 1.165) is 16.3 Å². The molecule has 0 saturated carbocycles. The molecule has 0 saturated heterocycles. The summed E-state index contributed by atoms with van der Waals surface area (Å²) in [5.41, 5.74) is 1.05. The van der Waals surface area contributed by atoms with Crippen molar-refractivity contribution in [1.29, 1.82) is 0 Å². The first kappa shape index (κ1) is 16.0. The number of ether oxygens (including phenoxy) is 1. The normalized spacial score (nSPS) is 11.9. The van der Waals surface area contributed by atoms with Gasteiger partial charge in [-0.1, -0.05) is 42.5 Å². The molecule has 0 radical (unpaired) electrons. The molecule has 3 aromatic carbocycles. The van der Waals surface area contributed by atoms with Crippen molar-refractivity contribution in [2.75, 3.05) is 0 Å². The van der Waals surface area contributed by atoms with Crippen LogP contribution in [0.2, 0.25) is 0 Å². The van der Waals surface area contributed by atoms with E-state index in [2.05, 4.69) is 5.32 Å². The van der Waals surface area contributed by atoms with Crippen molar-refractivity contribution in [2.45, 2.75) is 19.6 Å². The van der Waals surface area contributed by atoms with Crippen LogP contribution in [0.4, 0.5) is 4.39 Å². The van der Waals surface area contributed by atoms with Crippen LogP contribution in [-0.2, 0) is 11.3 Å². The summed E-state index contributed by atoms with van der Waals surface area (Å²) in [6.07, 6.45) is -0.662. The number of benzene rings is 3. The smallest absolute Gasteiger partial charge is 0.261 e. The summed E-state index contributed by atoms with van der Waals surface area (Å²) in [6.45, 7) is 2.10. The van der Waals surface area contributed by atoms with Crippen LogP contribution in [0.15, 0.2) is 66.7 Å². The van der Waals surface area contributed by atoms with Gasteiger partial charge in [0, 0.05) is 6.54 Å². The van der Waals surface area contributed by atoms with Gasteiger partial charge in [0.15, 0.2) is 6.10 Å². The second kappa shape index (κ2) is 7.13. The minimum atomic E-state index is -0.662. The zero-order valence-corrected chi connectivity index (χ0v) is 13.3. The summed E-state index contributed by atoms with van der Waals surface area (Å²) >= 11 is 0. The molecular formula is C20H18FNO2. The summed E-state index contributed by atoms with van der Waals surface area (Å²) in [7, 11) is 0. The van der Waals surface area contributed by atoms with Gasteiger partial charge in [-0.25, -0.2) is 4.39 Å². The van der Waals surface area contributed by atoms with E-state index in [0.29, 0.717) is 12.3 Å². The lowest BCUT2D eigenvalue weighted by molar-refractivity contribution is -0.127. The molecule has 1 atom stereocenters. The quantitative estimate of drug-likeness (QED) is 0.769. The number of halogens is 1. The Morgan fingerprint density at radius 2 is 1.75 bits per heavy atom. The predicted molar refractivity (Wildman–Crippen MR) is 92.3 cm³/mol. The molecule has 0 fully saturated rings. The van der Waals surface area contributed by atoms with Gasteiger partial charge < -0.3 is 10.1 Å². The van der Waals surface area contributed by atoms with E-state index in [4.69, 9.17) is 4.74 Å². The highest BCUT2D eigenvalue weighted by Gasteiger charge is 2.14. The molecule has 0 aliphatic heterocycles. The molecule has 1 amide bonds. The number of rotatable bonds is 5. The van der Waals surface area contributed by atoms with Crippen LogP contribution in [0.3, 0.4) is 0 Å². The van der Waals surface area contributed by atoms with E-state index in [1.165, 1.54) is 24.3 Å². The van der Waals surface area contributed by atoms with Crippen LogP contribution in [0.1, 0.15) is 12.5 Å². The van der Waals surface area contributed by atoms with Gasteiger partial charge in [-0.2, -0.15) is 0 Å². The lowest BCUT2D eigenvalue weighted by atomic mass is 10.0. The molecule has 122 valence electrons. The molecule has 0 aliphatic rings. The van der Waals surface area contributed by atoms with Gasteiger partial charge in [-0.15, -0.1) is 0 Å². The Morgan fingerprint density at radius 3 is 2.54 bits per heavy atom. The molecule has 4 heteroatoms. The van der Waals surface area contributed by atoms with E-state index in [1.807, 2.05) is 42.5 Å². The van der Waals surface area contributed by atoms with Crippen molar-refractivity contribution in [2.24, 2.45) is 0 Å². The van der Waals surface area contributed by atoms with Crippen molar-refractivity contribution < 1.29 is 13.9 Å². The van der Waals surface area contributed by atoms with E-state index in [1.54, 1.807) is 6.92 Å². The summed E-state index contributed by atoms with van der Waals surface area (Å²) in [4.78, 5) is 12.2. The van der Waals surface area contributed by atoms with Crippen molar-refractivity contribution in [3.63, 3.8) is 0 Å². The molecule has 3 nitrogen and oxygen atoms in total. The minimum Gasteiger partial charge on any atom is -0.481 e. The van der Waals surface area contributed by atoms with Crippen molar-refractivity contribution in [1.82, 2.24) is 5.32 Å². The summed E-state index contributed by atoms with van der Waals surface area (Å²) < 4.78 is 18.4. The molecule has 0 unspecified atom stereocenters. The van der Waals surface area contributed by atoms with Crippen molar-refractivity contribution in [3.8, 4) is 5.75 Å². The number of hydrogen-bond acceptors (Lipinski definition) is 2. The van der Waals surface area contributed by atoms with Gasteiger partial charge in [0.2, 0.25) is 0 Å². The Balaban J connectivity index is 1.63. The SMILES string of the molecule is C[C@@H](Oc1ccc(F)cc1)C(=O)NCc1cccc2ccccc12. The summed E-state index contributed by atoms with van der Waals surface area (Å²) in [6, 6.07) is 19.7. The van der Waals surface area contributed by atoms with Gasteiger partial charge in [0.25, 0.3) is 5.91 Å². The maximum Gasteiger partial charge on any atom is 0.261 e. The first-order valence-corrected chi connectivity index (χ1v) is 7.80. The van der Waals surface area contributed by atoms with Crippen LogP contribution in [0.25, 0.3) is 10.8 Å². The molecule has 0 aliphatic carbocycles. The fourth-order valence-electron chi connectivity index (χ4n) is 2.54. The molecule has 3 rings (SSSR count). The third kappa shape index (κ3) is 3.71. The van der Waals surface area contributed by atoms with Crippen LogP contribution in [-0.4, -0.2) is 12.0 Å². The highest BCUT2D eigenvalue weighted by Crippen LogP contribution is 2.18. The molecule has 3 aromatic rings. The van der Waals surface area contributed by atoms with Crippen LogP contribution in [0, 0.1) is 5.82 Å². The molecular weight excluding hydrogens is 305 g/mol. The number of carbonyl (C=O) groups excluding carboxylic acids is 1. The Kier molecular flexibility index (Phi) is 4.75. The number of fused-ring (bicyclic) bond motifs is 1. The first-order valence-electron chi connectivity index (χ1n) is 7.80. The van der Waals surface area contributed by atoms with Crippen LogP contribution < -0.4 is 10.1 Å². The Hall–Kier alpha value is -2.88. The number of carbonyl (C=O) groups is 1. The first-order chi connectivity index (χ1) is 11.6. The summed E-state index contributed by atoms with van der Waals surface area (Å²) in [5, 5.41) is 5.14. The third-order valence-electron chi connectivity index (χ3n) is 3.83. The number of hydrogen-bond donors (Lipinski definition) is 1. The molecule has 0 aromatic heterocycles. The van der Waals surface area contributed by atoms with Crippen LogP contribution in [0.5, 0.6) is 5.75 Å². The van der Waals surface area contributed by atoms with E-state index in [9.17, 15) is 9.18 Å². The molecule has 0 heterocycles. The fourth-order valence-corrected chi connectivity index (χ4v) is 2.54. The minimum absolute atomic E-state index is 0.216. The molecule has 24 heavy (non-hydrogen) atoms. The highest BCUT2D eigenvalue weighted by molar-refractivity contribution is 5.86. The van der Waals surface area contributed by atoms with Gasteiger partial charge in [0.1, 0.15) is 11.6 Å². The zero-order valence-electron chi connectivity index (χ0n) is 13.3. The molecule has 0 spiro atoms. The van der Waals surface area contributed by atoms with E-state index >= 15 is 0 Å². The Bertz CT molecular complexity index is 840. The lowest BCUT2D eigenvalue weighted by Crippen LogP contribution is -2.35. The largest absolute Gasteiger partial charge is 0.481 e. The van der Waals surface area contributed by atoms with Crippen molar-refractivity contribution in [3.05, 3.63) is 78.1 Å². The molecule has 0 bridgehead atoms. The third-order valence-corrected chi connectivity index (χ3v) is 3.83. The number of amides is 1. The average molecular weight is 323 g/mol.